The number of rotatable bonds is 8. The van der Waals surface area contributed by atoms with Gasteiger partial charge < -0.3 is 14.8 Å². The predicted octanol–water partition coefficient (Wildman–Crippen LogP) is 4.88. The molecule has 1 N–H and O–H groups in total. The molecule has 0 saturated heterocycles. The van der Waals surface area contributed by atoms with Crippen LogP contribution in [0.5, 0.6) is 0 Å². The molecule has 5 nitrogen and oxygen atoms in total. The first-order valence-corrected chi connectivity index (χ1v) is 10.8. The SMILES string of the molecule is CCOC(=O)C1=C(C)NC(C)=C(C(=O)OCC)C1C(C)Cc1ccc(C(C)C)cc1. The third-order valence-electron chi connectivity index (χ3n) is 5.57. The summed E-state index contributed by atoms with van der Waals surface area (Å²) in [5, 5.41) is 3.18. The number of allylic oxidation sites excluding steroid dienone is 2. The molecule has 0 spiro atoms. The van der Waals surface area contributed by atoms with Crippen LogP contribution in [0.1, 0.15) is 65.5 Å². The topological polar surface area (TPSA) is 64.6 Å². The second-order valence-corrected chi connectivity index (χ2v) is 8.20. The maximum Gasteiger partial charge on any atom is 0.336 e. The highest BCUT2D eigenvalue weighted by atomic mass is 16.5. The van der Waals surface area contributed by atoms with Crippen LogP contribution in [0, 0.1) is 11.8 Å². The third-order valence-corrected chi connectivity index (χ3v) is 5.57. The summed E-state index contributed by atoms with van der Waals surface area (Å²) in [6.07, 6.45) is 0.732. The van der Waals surface area contributed by atoms with Crippen LogP contribution in [0.25, 0.3) is 0 Å². The van der Waals surface area contributed by atoms with Gasteiger partial charge in [-0.25, -0.2) is 9.59 Å². The van der Waals surface area contributed by atoms with Crippen LogP contribution in [0.2, 0.25) is 0 Å². The van der Waals surface area contributed by atoms with Crippen molar-refractivity contribution < 1.29 is 19.1 Å². The first-order valence-electron chi connectivity index (χ1n) is 10.8. The Kier molecular flexibility index (Phi) is 8.27. The van der Waals surface area contributed by atoms with Crippen molar-refractivity contribution in [3.05, 3.63) is 57.9 Å². The smallest absolute Gasteiger partial charge is 0.336 e. The van der Waals surface area contributed by atoms with E-state index in [-0.39, 0.29) is 31.1 Å². The zero-order valence-corrected chi connectivity index (χ0v) is 19.3. The molecule has 0 aliphatic carbocycles. The summed E-state index contributed by atoms with van der Waals surface area (Å²) in [5.41, 5.74) is 4.94. The summed E-state index contributed by atoms with van der Waals surface area (Å²) in [4.78, 5) is 25.7. The number of hydrogen-bond donors (Lipinski definition) is 1. The second kappa shape index (κ2) is 10.5. The van der Waals surface area contributed by atoms with Gasteiger partial charge in [0.15, 0.2) is 0 Å². The van der Waals surface area contributed by atoms with E-state index in [0.29, 0.717) is 17.1 Å². The average Bonchev–Trinajstić information content (AvgIpc) is 2.67. The molecule has 1 aromatic carbocycles. The Balaban J connectivity index is 2.43. The van der Waals surface area contributed by atoms with Gasteiger partial charge in [0.1, 0.15) is 0 Å². The van der Waals surface area contributed by atoms with E-state index < -0.39 is 5.92 Å². The molecule has 1 aliphatic heterocycles. The van der Waals surface area contributed by atoms with Crippen LogP contribution in [0.15, 0.2) is 46.8 Å². The number of esters is 2. The molecule has 30 heavy (non-hydrogen) atoms. The number of carbonyl (C=O) groups is 2. The van der Waals surface area contributed by atoms with E-state index in [1.54, 1.807) is 13.8 Å². The second-order valence-electron chi connectivity index (χ2n) is 8.20. The van der Waals surface area contributed by atoms with E-state index >= 15 is 0 Å². The minimum Gasteiger partial charge on any atom is -0.463 e. The first kappa shape index (κ1) is 23.7. The molecule has 1 atom stereocenters. The molecule has 0 bridgehead atoms. The van der Waals surface area contributed by atoms with Crippen molar-refractivity contribution in [3.63, 3.8) is 0 Å². The Morgan fingerprint density at radius 1 is 0.900 bits per heavy atom. The summed E-state index contributed by atoms with van der Waals surface area (Å²) >= 11 is 0. The van der Waals surface area contributed by atoms with E-state index in [0.717, 1.165) is 17.8 Å². The molecule has 0 saturated carbocycles. The van der Waals surface area contributed by atoms with Crippen LogP contribution in [-0.2, 0) is 25.5 Å². The van der Waals surface area contributed by atoms with E-state index in [1.165, 1.54) is 11.1 Å². The standard InChI is InChI=1S/C25H35NO4/c1-8-29-24(27)22-17(6)26-18(7)23(25(28)30-9-2)21(22)16(5)14-19-10-12-20(13-11-19)15(3)4/h10-13,15-16,21,26H,8-9,14H2,1-7H3. The summed E-state index contributed by atoms with van der Waals surface area (Å²) in [6.45, 7) is 14.3. The van der Waals surface area contributed by atoms with Gasteiger partial charge in [-0.05, 0) is 57.1 Å². The van der Waals surface area contributed by atoms with Crippen molar-refractivity contribution in [1.82, 2.24) is 5.32 Å². The summed E-state index contributed by atoms with van der Waals surface area (Å²) < 4.78 is 10.7. The highest BCUT2D eigenvalue weighted by molar-refractivity contribution is 5.97. The minimum atomic E-state index is -0.394. The molecular formula is C25H35NO4. The summed E-state index contributed by atoms with van der Waals surface area (Å²) in [5.74, 6) is -0.690. The lowest BCUT2D eigenvalue weighted by molar-refractivity contribution is -0.140. The Hall–Kier alpha value is -2.56. The van der Waals surface area contributed by atoms with Crippen LogP contribution in [0.4, 0.5) is 0 Å². The lowest BCUT2D eigenvalue weighted by Gasteiger charge is -2.34. The van der Waals surface area contributed by atoms with Crippen molar-refractivity contribution in [2.24, 2.45) is 11.8 Å². The number of carbonyl (C=O) groups excluding carboxylic acids is 2. The van der Waals surface area contributed by atoms with Crippen LogP contribution in [0.3, 0.4) is 0 Å². The van der Waals surface area contributed by atoms with Gasteiger partial charge in [0.25, 0.3) is 0 Å². The van der Waals surface area contributed by atoms with Gasteiger partial charge in [-0.15, -0.1) is 0 Å². The highest BCUT2D eigenvalue weighted by Gasteiger charge is 2.39. The third kappa shape index (κ3) is 5.32. The Morgan fingerprint density at radius 2 is 1.37 bits per heavy atom. The van der Waals surface area contributed by atoms with Crippen molar-refractivity contribution in [2.75, 3.05) is 13.2 Å². The van der Waals surface area contributed by atoms with E-state index in [4.69, 9.17) is 9.47 Å². The van der Waals surface area contributed by atoms with E-state index in [9.17, 15) is 9.59 Å². The molecule has 0 fully saturated rings. The number of ether oxygens (including phenoxy) is 2. The highest BCUT2D eigenvalue weighted by Crippen LogP contribution is 2.38. The van der Waals surface area contributed by atoms with Gasteiger partial charge >= 0.3 is 11.9 Å². The molecule has 0 aromatic heterocycles. The molecule has 5 heteroatoms. The number of dihydropyridines is 1. The van der Waals surface area contributed by atoms with Crippen molar-refractivity contribution >= 4 is 11.9 Å². The molecule has 0 amide bonds. The van der Waals surface area contributed by atoms with Gasteiger partial charge in [-0.3, -0.25) is 0 Å². The molecular weight excluding hydrogens is 378 g/mol. The number of nitrogens with one attached hydrogen (secondary N) is 1. The molecule has 0 radical (unpaired) electrons. The van der Waals surface area contributed by atoms with Crippen LogP contribution >= 0.6 is 0 Å². The van der Waals surface area contributed by atoms with Crippen molar-refractivity contribution in [1.29, 1.82) is 0 Å². The lowest BCUT2D eigenvalue weighted by atomic mass is 9.75. The summed E-state index contributed by atoms with van der Waals surface area (Å²) in [7, 11) is 0. The molecule has 2 rings (SSSR count). The Morgan fingerprint density at radius 3 is 1.77 bits per heavy atom. The maximum atomic E-state index is 12.8. The van der Waals surface area contributed by atoms with Gasteiger partial charge in [0.05, 0.1) is 24.4 Å². The molecule has 1 aliphatic rings. The molecule has 164 valence electrons. The molecule has 1 heterocycles. The molecule has 1 aromatic rings. The predicted molar refractivity (Wildman–Crippen MR) is 119 cm³/mol. The molecule has 1 unspecified atom stereocenters. The summed E-state index contributed by atoms with van der Waals surface area (Å²) in [6, 6.07) is 8.56. The Bertz CT molecular complexity index is 793. The zero-order valence-electron chi connectivity index (χ0n) is 19.3. The fraction of sp³-hybridized carbons (Fsp3) is 0.520. The average molecular weight is 414 g/mol. The Labute approximate surface area is 180 Å². The van der Waals surface area contributed by atoms with Crippen molar-refractivity contribution in [3.8, 4) is 0 Å². The normalized spacial score (nSPS) is 15.9. The minimum absolute atomic E-state index is 0.000659. The number of benzene rings is 1. The monoisotopic (exact) mass is 413 g/mol. The fourth-order valence-corrected chi connectivity index (χ4v) is 4.10. The van der Waals surface area contributed by atoms with Gasteiger partial charge in [-0.2, -0.15) is 0 Å². The van der Waals surface area contributed by atoms with Crippen LogP contribution in [-0.4, -0.2) is 25.2 Å². The first-order chi connectivity index (χ1) is 14.2. The largest absolute Gasteiger partial charge is 0.463 e. The van der Waals surface area contributed by atoms with Crippen molar-refractivity contribution in [2.45, 2.75) is 60.8 Å². The lowest BCUT2D eigenvalue weighted by Crippen LogP contribution is -2.37. The van der Waals surface area contributed by atoms with E-state index in [1.807, 2.05) is 13.8 Å². The number of hydrogen-bond acceptors (Lipinski definition) is 5. The fourth-order valence-electron chi connectivity index (χ4n) is 4.10. The van der Waals surface area contributed by atoms with Gasteiger partial charge in [0.2, 0.25) is 0 Å². The quantitative estimate of drug-likeness (QED) is 0.615. The zero-order chi connectivity index (χ0) is 22.4. The van der Waals surface area contributed by atoms with Gasteiger partial charge in [-0.1, -0.05) is 45.0 Å². The van der Waals surface area contributed by atoms with Gasteiger partial charge in [0, 0.05) is 17.3 Å². The van der Waals surface area contributed by atoms with Crippen LogP contribution < -0.4 is 5.32 Å². The van der Waals surface area contributed by atoms with E-state index in [2.05, 4.69) is 50.4 Å². The maximum absolute atomic E-state index is 12.8.